The van der Waals surface area contributed by atoms with Crippen molar-refractivity contribution in [2.75, 3.05) is 45.0 Å². The molecule has 0 aliphatic carbocycles. The van der Waals surface area contributed by atoms with E-state index in [0.717, 1.165) is 6.42 Å². The highest BCUT2D eigenvalue weighted by Gasteiger charge is 1.99. The minimum atomic E-state index is 0.291. The van der Waals surface area contributed by atoms with Crippen molar-refractivity contribution in [1.82, 2.24) is 4.98 Å². The predicted octanol–water partition coefficient (Wildman–Crippen LogP) is 0.678. The van der Waals surface area contributed by atoms with Crippen LogP contribution in [0, 0.1) is 0 Å². The Kier molecular flexibility index (Phi) is 6.13. The molecule has 1 aromatic heterocycles. The molecule has 0 atom stereocenters. The van der Waals surface area contributed by atoms with E-state index in [9.17, 15) is 0 Å². The molecule has 0 aliphatic rings. The average Bonchev–Trinajstić information content (AvgIpc) is 2.32. The van der Waals surface area contributed by atoms with Crippen molar-refractivity contribution >= 4 is 11.5 Å². The molecule has 0 amide bonds. The van der Waals surface area contributed by atoms with Gasteiger partial charge in [-0.25, -0.2) is 0 Å². The van der Waals surface area contributed by atoms with Crippen LogP contribution in [-0.2, 0) is 9.47 Å². The third-order valence-corrected chi connectivity index (χ3v) is 2.05. The predicted molar refractivity (Wildman–Crippen MR) is 65.9 cm³/mol. The van der Waals surface area contributed by atoms with Gasteiger partial charge < -0.3 is 25.7 Å². The van der Waals surface area contributed by atoms with Crippen LogP contribution in [0.2, 0.25) is 0 Å². The number of nitrogen functional groups attached to an aromatic ring is 2. The Bertz CT molecular complexity index is 334. The highest BCUT2D eigenvalue weighted by atomic mass is 16.5. The maximum Gasteiger partial charge on any atom is 0.215 e. The molecular weight excluding hydrogens is 222 g/mol. The average molecular weight is 241 g/mol. The molecule has 0 fully saturated rings. The molecule has 0 aromatic carbocycles. The van der Waals surface area contributed by atoms with Crippen LogP contribution >= 0.6 is 0 Å². The first-order chi connectivity index (χ1) is 8.24. The third-order valence-electron chi connectivity index (χ3n) is 2.05. The lowest BCUT2D eigenvalue weighted by molar-refractivity contribution is 0.0642. The molecule has 1 aromatic rings. The highest BCUT2D eigenvalue weighted by molar-refractivity contribution is 5.58. The zero-order valence-corrected chi connectivity index (χ0v) is 10.0. The van der Waals surface area contributed by atoms with E-state index >= 15 is 0 Å². The number of hydrogen-bond acceptors (Lipinski definition) is 6. The summed E-state index contributed by atoms with van der Waals surface area (Å²) in [5.41, 5.74) is 11.5. The van der Waals surface area contributed by atoms with E-state index in [0.29, 0.717) is 43.8 Å². The molecule has 0 saturated heterocycles. The van der Waals surface area contributed by atoms with E-state index in [1.165, 1.54) is 0 Å². The van der Waals surface area contributed by atoms with Gasteiger partial charge in [-0.05, 0) is 6.07 Å². The maximum absolute atomic E-state index is 5.55. The van der Waals surface area contributed by atoms with Gasteiger partial charge in [0.2, 0.25) is 5.88 Å². The summed E-state index contributed by atoms with van der Waals surface area (Å²) < 4.78 is 15.5. The van der Waals surface area contributed by atoms with Gasteiger partial charge in [0, 0.05) is 26.2 Å². The van der Waals surface area contributed by atoms with Gasteiger partial charge in [-0.15, -0.1) is 0 Å². The molecule has 1 rings (SSSR count). The van der Waals surface area contributed by atoms with Gasteiger partial charge in [-0.1, -0.05) is 0 Å². The summed E-state index contributed by atoms with van der Waals surface area (Å²) in [6.07, 6.45) is 0.787. The number of rotatable bonds is 8. The van der Waals surface area contributed by atoms with Crippen LogP contribution in [0.25, 0.3) is 0 Å². The van der Waals surface area contributed by atoms with Crippen molar-refractivity contribution < 1.29 is 14.2 Å². The van der Waals surface area contributed by atoms with Gasteiger partial charge in [0.15, 0.2) is 5.82 Å². The molecule has 1 heterocycles. The summed E-state index contributed by atoms with van der Waals surface area (Å²) >= 11 is 0. The van der Waals surface area contributed by atoms with E-state index in [1.807, 2.05) is 0 Å². The van der Waals surface area contributed by atoms with Gasteiger partial charge in [0.1, 0.15) is 0 Å². The molecule has 0 radical (unpaired) electrons. The van der Waals surface area contributed by atoms with E-state index in [1.54, 1.807) is 19.2 Å². The quantitative estimate of drug-likeness (QED) is 0.650. The first-order valence-corrected chi connectivity index (χ1v) is 5.45. The zero-order chi connectivity index (χ0) is 12.5. The Labute approximate surface area is 101 Å². The summed E-state index contributed by atoms with van der Waals surface area (Å²) in [5, 5.41) is 0. The number of aromatic nitrogens is 1. The number of nitrogens with zero attached hydrogens (tertiary/aromatic N) is 1. The van der Waals surface area contributed by atoms with Gasteiger partial charge in [0.25, 0.3) is 0 Å². The lowest BCUT2D eigenvalue weighted by Gasteiger charge is -2.07. The second-order valence-corrected chi connectivity index (χ2v) is 3.43. The van der Waals surface area contributed by atoms with Crippen molar-refractivity contribution in [2.24, 2.45) is 0 Å². The Morgan fingerprint density at radius 3 is 2.65 bits per heavy atom. The fourth-order valence-corrected chi connectivity index (χ4v) is 1.13. The van der Waals surface area contributed by atoms with Gasteiger partial charge in [-0.3, -0.25) is 0 Å². The van der Waals surface area contributed by atoms with Crippen molar-refractivity contribution in [3.05, 3.63) is 12.1 Å². The van der Waals surface area contributed by atoms with Crippen LogP contribution in [0.1, 0.15) is 6.42 Å². The van der Waals surface area contributed by atoms with Crippen LogP contribution in [0.4, 0.5) is 11.5 Å². The van der Waals surface area contributed by atoms with Gasteiger partial charge in [-0.2, -0.15) is 4.98 Å². The molecule has 4 N–H and O–H groups in total. The molecule has 6 heteroatoms. The fourth-order valence-electron chi connectivity index (χ4n) is 1.13. The normalized spacial score (nSPS) is 10.4. The Morgan fingerprint density at radius 2 is 1.94 bits per heavy atom. The monoisotopic (exact) mass is 241 g/mol. The Morgan fingerprint density at radius 1 is 1.12 bits per heavy atom. The number of hydrogen-bond donors (Lipinski definition) is 2. The Hall–Kier alpha value is -1.53. The first-order valence-electron chi connectivity index (χ1n) is 5.45. The summed E-state index contributed by atoms with van der Waals surface area (Å²) in [6, 6.07) is 3.37. The molecule has 17 heavy (non-hydrogen) atoms. The second kappa shape index (κ2) is 7.70. The van der Waals surface area contributed by atoms with E-state index in [-0.39, 0.29) is 0 Å². The van der Waals surface area contributed by atoms with E-state index in [2.05, 4.69) is 4.98 Å². The van der Waals surface area contributed by atoms with Gasteiger partial charge in [0.05, 0.1) is 25.5 Å². The molecule has 0 spiro atoms. The Balaban J connectivity index is 2.11. The second-order valence-electron chi connectivity index (χ2n) is 3.43. The van der Waals surface area contributed by atoms with Crippen LogP contribution in [0.15, 0.2) is 12.1 Å². The van der Waals surface area contributed by atoms with Crippen molar-refractivity contribution in [1.29, 1.82) is 0 Å². The molecule has 6 nitrogen and oxygen atoms in total. The van der Waals surface area contributed by atoms with Crippen LogP contribution in [-0.4, -0.2) is 38.5 Å². The topological polar surface area (TPSA) is 92.6 Å². The van der Waals surface area contributed by atoms with E-state index in [4.69, 9.17) is 25.7 Å². The number of anilines is 2. The van der Waals surface area contributed by atoms with Crippen molar-refractivity contribution in [3.63, 3.8) is 0 Å². The number of pyridine rings is 1. The molecule has 0 unspecified atom stereocenters. The van der Waals surface area contributed by atoms with Crippen molar-refractivity contribution in [2.45, 2.75) is 6.42 Å². The highest BCUT2D eigenvalue weighted by Crippen LogP contribution is 2.16. The lowest BCUT2D eigenvalue weighted by atomic mass is 10.4. The summed E-state index contributed by atoms with van der Waals surface area (Å²) in [7, 11) is 1.64. The number of ether oxygens (including phenoxy) is 3. The zero-order valence-electron chi connectivity index (χ0n) is 10.0. The summed E-state index contributed by atoms with van der Waals surface area (Å²) in [6.45, 7) is 2.37. The molecule has 0 saturated carbocycles. The largest absolute Gasteiger partial charge is 0.478 e. The summed E-state index contributed by atoms with van der Waals surface area (Å²) in [4.78, 5) is 3.99. The molecule has 96 valence electrons. The third kappa shape index (κ3) is 5.37. The molecule has 0 bridgehead atoms. The van der Waals surface area contributed by atoms with Crippen molar-refractivity contribution in [3.8, 4) is 5.88 Å². The van der Waals surface area contributed by atoms with Crippen LogP contribution in [0.5, 0.6) is 5.88 Å². The fraction of sp³-hybridized carbons (Fsp3) is 0.545. The molecule has 0 aliphatic heterocycles. The number of methoxy groups -OCH3 is 1. The van der Waals surface area contributed by atoms with Gasteiger partial charge >= 0.3 is 0 Å². The molecular formula is C11H19N3O3. The van der Waals surface area contributed by atoms with Crippen LogP contribution in [0.3, 0.4) is 0 Å². The van der Waals surface area contributed by atoms with E-state index < -0.39 is 0 Å². The standard InChI is InChI=1S/C11H19N3O3/c1-15-7-8-16-5-2-6-17-10-4-3-9(12)11(13)14-10/h3-4H,2,5-8,12H2,1H3,(H2,13,14). The minimum absolute atomic E-state index is 0.291. The lowest BCUT2D eigenvalue weighted by Crippen LogP contribution is -2.08. The minimum Gasteiger partial charge on any atom is -0.478 e. The smallest absolute Gasteiger partial charge is 0.215 e. The number of nitrogens with two attached hydrogens (primary N) is 2. The summed E-state index contributed by atoms with van der Waals surface area (Å²) in [5.74, 6) is 0.771. The first kappa shape index (κ1) is 13.5. The SMILES string of the molecule is COCCOCCCOc1ccc(N)c(N)n1. The maximum atomic E-state index is 5.55. The van der Waals surface area contributed by atoms with Crippen LogP contribution < -0.4 is 16.2 Å².